The number of nitrogens with two attached hydrogens (primary N) is 1. The zero-order chi connectivity index (χ0) is 4.99. The molecule has 0 aliphatic heterocycles. The van der Waals surface area contributed by atoms with Crippen molar-refractivity contribution < 1.29 is 17.8 Å². The van der Waals surface area contributed by atoms with E-state index in [4.69, 9.17) is 5.41 Å². The van der Waals surface area contributed by atoms with Gasteiger partial charge in [-0.25, -0.2) is 0 Å². The summed E-state index contributed by atoms with van der Waals surface area (Å²) < 4.78 is 0. The molecule has 0 aromatic rings. The molecule has 0 aromatic carbocycles. The third-order valence-electron chi connectivity index (χ3n) is 0.456. The summed E-state index contributed by atoms with van der Waals surface area (Å²) in [5.74, 6) is 0. The molecular formula is C4H11ClN2. The van der Waals surface area contributed by atoms with Crippen molar-refractivity contribution in [1.82, 2.24) is 5.32 Å². The average Bonchev–Trinajstić information content (AvgIpc) is 1.35. The number of nitrogens with one attached hydrogen (secondary N) is 1. The molecule has 0 radical (unpaired) electrons. The molecule has 7 heavy (non-hydrogen) atoms. The molecule has 0 saturated heterocycles. The van der Waals surface area contributed by atoms with Crippen molar-refractivity contribution in [3.05, 3.63) is 0 Å². The Bertz CT molecular complexity index is 53.7. The molecule has 3 heteroatoms. The molecule has 0 rings (SSSR count). The topological polar surface area (TPSA) is 37.6 Å². The summed E-state index contributed by atoms with van der Waals surface area (Å²) in [6.45, 7) is 2.70. The highest BCUT2D eigenvalue weighted by Crippen LogP contribution is 1.51. The minimum absolute atomic E-state index is 0. The lowest BCUT2D eigenvalue weighted by Crippen LogP contribution is -3.00. The second-order valence-corrected chi connectivity index (χ2v) is 1.38. The van der Waals surface area contributed by atoms with Crippen molar-refractivity contribution in [1.29, 1.82) is 0 Å². The van der Waals surface area contributed by atoms with Gasteiger partial charge in [-0.2, -0.15) is 0 Å². The fourth-order valence-corrected chi connectivity index (χ4v) is 0.279. The quantitative estimate of drug-likeness (QED) is 0.356. The van der Waals surface area contributed by atoms with Crippen molar-refractivity contribution in [3.63, 3.8) is 0 Å². The summed E-state index contributed by atoms with van der Waals surface area (Å²) in [5, 5.41) is 8.16. The molecule has 0 spiro atoms. The molecule has 0 aliphatic rings. The maximum Gasteiger partial charge on any atom is 0.159 e. The van der Waals surface area contributed by atoms with E-state index in [1.165, 1.54) is 0 Å². The molecular weight excluding hydrogens is 112 g/mol. The SMILES string of the molecule is CNCC(C)=[NH2+].[Cl-]. The lowest BCUT2D eigenvalue weighted by molar-refractivity contribution is -0.116. The van der Waals surface area contributed by atoms with E-state index < -0.39 is 0 Å². The fraction of sp³-hybridized carbons (Fsp3) is 0.750. The van der Waals surface area contributed by atoms with Gasteiger partial charge in [0.15, 0.2) is 5.71 Å². The minimum Gasteiger partial charge on any atom is -1.00 e. The maximum absolute atomic E-state index is 5.26. The van der Waals surface area contributed by atoms with E-state index in [9.17, 15) is 0 Å². The Morgan fingerprint density at radius 1 is 1.71 bits per heavy atom. The van der Waals surface area contributed by atoms with Crippen LogP contribution in [0.25, 0.3) is 0 Å². The smallest absolute Gasteiger partial charge is 0.159 e. The van der Waals surface area contributed by atoms with Gasteiger partial charge in [-0.3, -0.25) is 5.41 Å². The van der Waals surface area contributed by atoms with Crippen molar-refractivity contribution in [2.75, 3.05) is 13.6 Å². The highest BCUT2D eigenvalue weighted by atomic mass is 35.5. The van der Waals surface area contributed by atoms with Crippen LogP contribution in [0.2, 0.25) is 0 Å². The summed E-state index contributed by atoms with van der Waals surface area (Å²) in [7, 11) is 1.87. The van der Waals surface area contributed by atoms with Gasteiger partial charge in [0.25, 0.3) is 0 Å². The van der Waals surface area contributed by atoms with E-state index in [-0.39, 0.29) is 12.4 Å². The van der Waals surface area contributed by atoms with Gasteiger partial charge in [-0.1, -0.05) is 0 Å². The second kappa shape index (κ2) is 5.92. The first-order valence-electron chi connectivity index (χ1n) is 2.00. The molecule has 0 unspecified atom stereocenters. The normalized spacial score (nSPS) is 7.14. The molecule has 44 valence electrons. The molecule has 0 saturated carbocycles. The van der Waals surface area contributed by atoms with Crippen LogP contribution in [0.15, 0.2) is 0 Å². The Kier molecular flexibility index (Phi) is 8.47. The zero-order valence-corrected chi connectivity index (χ0v) is 5.42. The highest BCUT2D eigenvalue weighted by molar-refractivity contribution is 5.77. The van der Waals surface area contributed by atoms with Crippen LogP contribution in [0.4, 0.5) is 0 Å². The lowest BCUT2D eigenvalue weighted by Gasteiger charge is -1.83. The summed E-state index contributed by atoms with van der Waals surface area (Å²) in [6.07, 6.45) is 0. The van der Waals surface area contributed by atoms with Gasteiger partial charge in [0.05, 0.1) is 6.54 Å². The standard InChI is InChI=1S/C4H10N2.ClH/c1-4(5)3-6-2;/h5-6H,3H2,1-2H3;1H. The van der Waals surface area contributed by atoms with Crippen molar-refractivity contribution in [3.8, 4) is 0 Å². The van der Waals surface area contributed by atoms with Gasteiger partial charge in [-0.05, 0) is 7.05 Å². The van der Waals surface area contributed by atoms with E-state index in [0.29, 0.717) is 0 Å². The molecule has 0 fully saturated rings. The highest BCUT2D eigenvalue weighted by Gasteiger charge is 1.83. The summed E-state index contributed by atoms with van der Waals surface area (Å²) in [6, 6.07) is 0. The largest absolute Gasteiger partial charge is 1.00 e. The van der Waals surface area contributed by atoms with Crippen molar-refractivity contribution in [2.45, 2.75) is 6.92 Å². The monoisotopic (exact) mass is 122 g/mol. The second-order valence-electron chi connectivity index (χ2n) is 1.38. The molecule has 2 nitrogen and oxygen atoms in total. The van der Waals surface area contributed by atoms with Crippen LogP contribution in [0.5, 0.6) is 0 Å². The van der Waals surface area contributed by atoms with Crippen LogP contribution in [0, 0.1) is 0 Å². The van der Waals surface area contributed by atoms with Crippen LogP contribution in [-0.4, -0.2) is 19.3 Å². The minimum atomic E-state index is 0. The Hall–Kier alpha value is -0.0800. The number of halogens is 1. The van der Waals surface area contributed by atoms with E-state index in [1.807, 2.05) is 14.0 Å². The van der Waals surface area contributed by atoms with Crippen molar-refractivity contribution in [2.24, 2.45) is 0 Å². The molecule has 0 heterocycles. The number of hydrogen-bond donors (Lipinski definition) is 2. The predicted octanol–water partition coefficient (Wildman–Crippen LogP) is -4.57. The Morgan fingerprint density at radius 3 is 2.14 bits per heavy atom. The summed E-state index contributed by atoms with van der Waals surface area (Å²) in [5.41, 5.74) is 0.928. The van der Waals surface area contributed by atoms with Gasteiger partial charge < -0.3 is 17.7 Å². The van der Waals surface area contributed by atoms with E-state index >= 15 is 0 Å². The van der Waals surface area contributed by atoms with Gasteiger partial charge in [-0.15, -0.1) is 0 Å². The van der Waals surface area contributed by atoms with E-state index in [0.717, 1.165) is 12.3 Å². The van der Waals surface area contributed by atoms with Crippen LogP contribution >= 0.6 is 0 Å². The van der Waals surface area contributed by atoms with E-state index in [1.54, 1.807) is 0 Å². The Balaban J connectivity index is 0. The van der Waals surface area contributed by atoms with Crippen LogP contribution in [-0.2, 0) is 0 Å². The first-order valence-corrected chi connectivity index (χ1v) is 2.00. The van der Waals surface area contributed by atoms with Crippen molar-refractivity contribution >= 4 is 5.71 Å². The molecule has 3 N–H and O–H groups in total. The average molecular weight is 123 g/mol. The Morgan fingerprint density at radius 2 is 2.14 bits per heavy atom. The van der Waals surface area contributed by atoms with Crippen LogP contribution in [0.1, 0.15) is 6.92 Å². The zero-order valence-electron chi connectivity index (χ0n) is 4.66. The third-order valence-corrected chi connectivity index (χ3v) is 0.456. The van der Waals surface area contributed by atoms with E-state index in [2.05, 4.69) is 5.32 Å². The molecule has 0 aliphatic carbocycles. The fourth-order valence-electron chi connectivity index (χ4n) is 0.279. The number of rotatable bonds is 2. The predicted molar refractivity (Wildman–Crippen MR) is 26.5 cm³/mol. The van der Waals surface area contributed by atoms with Crippen LogP contribution < -0.4 is 23.1 Å². The molecule has 0 bridgehead atoms. The first kappa shape index (κ1) is 10.0. The van der Waals surface area contributed by atoms with Gasteiger partial charge in [0, 0.05) is 6.92 Å². The summed E-state index contributed by atoms with van der Waals surface area (Å²) in [4.78, 5) is 0. The van der Waals surface area contributed by atoms with Gasteiger partial charge in [0.2, 0.25) is 0 Å². The van der Waals surface area contributed by atoms with Gasteiger partial charge >= 0.3 is 0 Å². The van der Waals surface area contributed by atoms with Crippen LogP contribution in [0.3, 0.4) is 0 Å². The lowest BCUT2D eigenvalue weighted by atomic mass is 10.4. The number of hydrogen-bond acceptors (Lipinski definition) is 1. The first-order chi connectivity index (χ1) is 2.77. The molecule has 0 aromatic heterocycles. The summed E-state index contributed by atoms with van der Waals surface area (Å²) >= 11 is 0. The van der Waals surface area contributed by atoms with Gasteiger partial charge in [0.1, 0.15) is 0 Å². The molecule has 0 atom stereocenters. The third kappa shape index (κ3) is 10.7. The Labute approximate surface area is 50.2 Å². The maximum atomic E-state index is 5.26. The molecule has 0 amide bonds.